The summed E-state index contributed by atoms with van der Waals surface area (Å²) in [7, 11) is 0. The molecule has 2 heterocycles. The fourth-order valence-corrected chi connectivity index (χ4v) is 3.40. The van der Waals surface area contributed by atoms with E-state index in [1.807, 2.05) is 11.6 Å². The summed E-state index contributed by atoms with van der Waals surface area (Å²) in [5.41, 5.74) is 5.63. The average molecular weight is 364 g/mol. The second-order valence-corrected chi connectivity index (χ2v) is 6.35. The van der Waals surface area contributed by atoms with Gasteiger partial charge in [-0.05, 0) is 25.7 Å². The van der Waals surface area contributed by atoms with Crippen LogP contribution in [0.1, 0.15) is 69.6 Å². The smallest absolute Gasteiger partial charge is 0.240 e. The van der Waals surface area contributed by atoms with Crippen LogP contribution in [0, 0.1) is 0 Å². The lowest BCUT2D eigenvalue weighted by Crippen LogP contribution is -2.56. The molecule has 0 aromatic carbocycles. The second kappa shape index (κ2) is 8.31. The molecule has 1 aromatic rings. The molecule has 1 amide bonds. The number of nitrogens with one attached hydrogen (secondary N) is 1. The normalized spacial score (nSPS) is 22.3. The van der Waals surface area contributed by atoms with Gasteiger partial charge in [-0.3, -0.25) is 4.79 Å². The van der Waals surface area contributed by atoms with Crippen molar-refractivity contribution in [1.82, 2.24) is 20.1 Å². The zero-order valence-electron chi connectivity index (χ0n) is 13.6. The van der Waals surface area contributed by atoms with E-state index in [1.54, 1.807) is 0 Å². The van der Waals surface area contributed by atoms with Crippen molar-refractivity contribution in [3.05, 3.63) is 11.6 Å². The molecule has 23 heavy (non-hydrogen) atoms. The van der Waals surface area contributed by atoms with E-state index in [0.29, 0.717) is 0 Å². The van der Waals surface area contributed by atoms with E-state index < -0.39 is 5.54 Å². The fraction of sp³-hybridized carbons (Fsp3) is 0.800. The van der Waals surface area contributed by atoms with Crippen LogP contribution in [0.5, 0.6) is 0 Å². The van der Waals surface area contributed by atoms with Crippen molar-refractivity contribution in [1.29, 1.82) is 0 Å². The van der Waals surface area contributed by atoms with Crippen molar-refractivity contribution in [3.8, 4) is 0 Å². The summed E-state index contributed by atoms with van der Waals surface area (Å²) in [6.45, 7) is 2.94. The van der Waals surface area contributed by atoms with Crippen molar-refractivity contribution < 1.29 is 4.79 Å². The summed E-state index contributed by atoms with van der Waals surface area (Å²) in [6.07, 6.45) is 7.61. The van der Waals surface area contributed by atoms with Gasteiger partial charge in [0.05, 0.1) is 11.6 Å². The number of hydrogen-bond acceptors (Lipinski definition) is 4. The zero-order chi connectivity index (χ0) is 14.9. The number of aromatic nitrogens is 3. The molecule has 1 saturated carbocycles. The topological polar surface area (TPSA) is 85.8 Å². The first-order chi connectivity index (χ1) is 10.1. The number of carbonyl (C=O) groups excluding carboxylic acids is 1. The molecule has 1 unspecified atom stereocenters. The lowest BCUT2D eigenvalue weighted by molar-refractivity contribution is -0.128. The van der Waals surface area contributed by atoms with E-state index in [2.05, 4.69) is 15.4 Å². The Hall–Kier alpha value is -0.850. The number of hydrogen-bond donors (Lipinski definition) is 2. The third kappa shape index (κ3) is 4.17. The van der Waals surface area contributed by atoms with Gasteiger partial charge in [0.1, 0.15) is 5.82 Å². The molecule has 0 saturated heterocycles. The van der Waals surface area contributed by atoms with Crippen LogP contribution < -0.4 is 11.1 Å². The van der Waals surface area contributed by atoms with Crippen LogP contribution in [-0.2, 0) is 17.8 Å². The summed E-state index contributed by atoms with van der Waals surface area (Å²) < 4.78 is 1.94. The standard InChI is InChI=1S/C15H25N5O.2ClH/c1-2-12-18-13-11(7-6-10-20(13)19-12)17-14(21)15(16)8-4-3-5-9-15;;/h11H,2-10,16H2,1H3,(H,17,21);2*1H. The Morgan fingerprint density at radius 2 is 2.00 bits per heavy atom. The van der Waals surface area contributed by atoms with E-state index in [1.165, 1.54) is 6.42 Å². The first-order valence-electron chi connectivity index (χ1n) is 8.16. The van der Waals surface area contributed by atoms with Gasteiger partial charge in [0, 0.05) is 13.0 Å². The van der Waals surface area contributed by atoms with E-state index in [4.69, 9.17) is 5.73 Å². The van der Waals surface area contributed by atoms with E-state index in [-0.39, 0.29) is 36.8 Å². The predicted molar refractivity (Wildman–Crippen MR) is 94.0 cm³/mol. The Morgan fingerprint density at radius 3 is 2.65 bits per heavy atom. The molecule has 1 aliphatic heterocycles. The van der Waals surface area contributed by atoms with Crippen molar-refractivity contribution in [2.24, 2.45) is 5.73 Å². The Kier molecular flexibility index (Phi) is 7.29. The molecule has 1 aromatic heterocycles. The molecular weight excluding hydrogens is 337 g/mol. The number of nitrogens with zero attached hydrogens (tertiary/aromatic N) is 3. The fourth-order valence-electron chi connectivity index (χ4n) is 3.40. The molecule has 1 fully saturated rings. The van der Waals surface area contributed by atoms with Gasteiger partial charge in [-0.2, -0.15) is 5.10 Å². The highest BCUT2D eigenvalue weighted by Gasteiger charge is 2.37. The Morgan fingerprint density at radius 1 is 1.30 bits per heavy atom. The average Bonchev–Trinajstić information content (AvgIpc) is 2.92. The third-order valence-electron chi connectivity index (χ3n) is 4.74. The quantitative estimate of drug-likeness (QED) is 0.862. The number of fused-ring (bicyclic) bond motifs is 1. The molecule has 2 aliphatic rings. The number of rotatable bonds is 3. The first kappa shape index (κ1) is 20.2. The van der Waals surface area contributed by atoms with Gasteiger partial charge in [0.2, 0.25) is 5.91 Å². The minimum atomic E-state index is -0.686. The Bertz CT molecular complexity index is 528. The summed E-state index contributed by atoms with van der Waals surface area (Å²) in [6, 6.07) is -0.0404. The van der Waals surface area contributed by atoms with Crippen LogP contribution in [0.25, 0.3) is 0 Å². The summed E-state index contributed by atoms with van der Waals surface area (Å²) in [5, 5.41) is 7.62. The summed E-state index contributed by atoms with van der Waals surface area (Å²) >= 11 is 0. The summed E-state index contributed by atoms with van der Waals surface area (Å²) in [4.78, 5) is 17.1. The van der Waals surface area contributed by atoms with Gasteiger partial charge in [-0.25, -0.2) is 9.67 Å². The largest absolute Gasteiger partial charge is 0.344 e. The maximum absolute atomic E-state index is 12.6. The number of halogens is 2. The molecular formula is C15H27Cl2N5O. The van der Waals surface area contributed by atoms with Gasteiger partial charge >= 0.3 is 0 Å². The molecule has 1 aliphatic carbocycles. The monoisotopic (exact) mass is 363 g/mol. The van der Waals surface area contributed by atoms with Crippen LogP contribution in [0.3, 0.4) is 0 Å². The van der Waals surface area contributed by atoms with Gasteiger partial charge in [-0.1, -0.05) is 26.2 Å². The Labute approximate surface area is 149 Å². The predicted octanol–water partition coefficient (Wildman–Crippen LogP) is 2.30. The van der Waals surface area contributed by atoms with E-state index >= 15 is 0 Å². The van der Waals surface area contributed by atoms with Gasteiger partial charge in [0.25, 0.3) is 0 Å². The van der Waals surface area contributed by atoms with Crippen molar-refractivity contribution in [2.75, 3.05) is 0 Å². The lowest BCUT2D eigenvalue weighted by Gasteiger charge is -2.34. The Balaban J connectivity index is 0.00000132. The SMILES string of the molecule is CCc1nc2n(n1)CCCC2NC(=O)C1(N)CCCCC1.Cl.Cl. The lowest BCUT2D eigenvalue weighted by atomic mass is 9.81. The molecule has 3 rings (SSSR count). The van der Waals surface area contributed by atoms with E-state index in [9.17, 15) is 4.79 Å². The van der Waals surface area contributed by atoms with Gasteiger partial charge in [0.15, 0.2) is 5.82 Å². The third-order valence-corrected chi connectivity index (χ3v) is 4.74. The van der Waals surface area contributed by atoms with Gasteiger partial charge in [-0.15, -0.1) is 24.8 Å². The molecule has 0 radical (unpaired) electrons. The van der Waals surface area contributed by atoms with Crippen LogP contribution in [-0.4, -0.2) is 26.2 Å². The van der Waals surface area contributed by atoms with Crippen molar-refractivity contribution >= 4 is 30.7 Å². The van der Waals surface area contributed by atoms with Crippen molar-refractivity contribution in [3.63, 3.8) is 0 Å². The molecule has 0 bridgehead atoms. The number of carbonyl (C=O) groups is 1. The van der Waals surface area contributed by atoms with Gasteiger partial charge < -0.3 is 11.1 Å². The van der Waals surface area contributed by atoms with Crippen LogP contribution >= 0.6 is 24.8 Å². The molecule has 132 valence electrons. The summed E-state index contributed by atoms with van der Waals surface area (Å²) in [5.74, 6) is 1.74. The number of amides is 1. The molecule has 1 atom stereocenters. The highest BCUT2D eigenvalue weighted by molar-refractivity contribution is 5.86. The molecule has 3 N–H and O–H groups in total. The van der Waals surface area contributed by atoms with Crippen molar-refractivity contribution in [2.45, 2.75) is 76.4 Å². The first-order valence-corrected chi connectivity index (χ1v) is 8.16. The number of aryl methyl sites for hydroxylation is 2. The molecule has 6 nitrogen and oxygen atoms in total. The maximum Gasteiger partial charge on any atom is 0.240 e. The minimum absolute atomic E-state index is 0. The highest BCUT2D eigenvalue weighted by Crippen LogP contribution is 2.29. The maximum atomic E-state index is 12.6. The molecule has 0 spiro atoms. The van der Waals surface area contributed by atoms with Crippen LogP contribution in [0.4, 0.5) is 0 Å². The highest BCUT2D eigenvalue weighted by atomic mass is 35.5. The molecule has 8 heteroatoms. The van der Waals surface area contributed by atoms with Crippen LogP contribution in [0.2, 0.25) is 0 Å². The van der Waals surface area contributed by atoms with E-state index in [0.717, 1.165) is 63.1 Å². The second-order valence-electron chi connectivity index (χ2n) is 6.35. The zero-order valence-corrected chi connectivity index (χ0v) is 15.2. The minimum Gasteiger partial charge on any atom is -0.344 e. The number of nitrogens with two attached hydrogens (primary N) is 1. The van der Waals surface area contributed by atoms with Crippen LogP contribution in [0.15, 0.2) is 0 Å².